The van der Waals surface area contributed by atoms with Crippen LogP contribution in [0.25, 0.3) is 11.3 Å². The van der Waals surface area contributed by atoms with E-state index in [-0.39, 0.29) is 22.9 Å². The van der Waals surface area contributed by atoms with Crippen molar-refractivity contribution in [2.45, 2.75) is 56.5 Å². The van der Waals surface area contributed by atoms with Gasteiger partial charge in [-0.25, -0.2) is 4.98 Å². The Bertz CT molecular complexity index is 1330. The average molecular weight is 545 g/mol. The highest BCUT2D eigenvalue weighted by Crippen LogP contribution is 2.43. The number of aliphatic hydroxyl groups is 2. The van der Waals surface area contributed by atoms with E-state index in [1.807, 2.05) is 6.92 Å². The van der Waals surface area contributed by atoms with Crippen molar-refractivity contribution in [3.63, 3.8) is 0 Å². The lowest BCUT2D eigenvalue weighted by Gasteiger charge is -2.31. The fourth-order valence-electron chi connectivity index (χ4n) is 4.11. The monoisotopic (exact) mass is 544 g/mol. The number of aromatic nitrogens is 1. The highest BCUT2D eigenvalue weighted by Gasteiger charge is 2.56. The third-order valence-electron chi connectivity index (χ3n) is 6.73. The first-order valence-corrected chi connectivity index (χ1v) is 12.6. The normalized spacial score (nSPS) is 15.9. The Morgan fingerprint density at radius 3 is 2.38 bits per heavy atom. The molecular formula is C29H31F3N2O5. The maximum Gasteiger partial charge on any atom is 0.422 e. The Hall–Kier alpha value is -3.47. The standard InChI is InChI=1S/C29H31F3N2O5/c1-17-3-5-18(6-4-17)23-13-20(22(33)16-35)15-27(34-23)28(37,29(30,31)32)12-11-24(36)19-7-10-25(26(14-19)38-2)39-21-8-9-21/h3-7,10,13-15,21-22,35,37H,8-9,11-12,16,33H2,1-2H3. The largest absolute Gasteiger partial charge is 0.493 e. The molecule has 0 spiro atoms. The van der Waals surface area contributed by atoms with Crippen molar-refractivity contribution < 1.29 is 37.7 Å². The number of methoxy groups -OCH3 is 1. The Morgan fingerprint density at radius 1 is 1.10 bits per heavy atom. The van der Waals surface area contributed by atoms with E-state index < -0.39 is 48.7 Å². The molecule has 1 aliphatic rings. The van der Waals surface area contributed by atoms with E-state index in [1.54, 1.807) is 30.3 Å². The molecule has 2 aromatic carbocycles. The second-order valence-corrected chi connectivity index (χ2v) is 9.79. The number of nitrogens with zero attached hydrogens (tertiary/aromatic N) is 1. The van der Waals surface area contributed by atoms with Gasteiger partial charge in [0.2, 0.25) is 5.60 Å². The van der Waals surface area contributed by atoms with Gasteiger partial charge in [-0.05, 0) is 62.1 Å². The number of carbonyl (C=O) groups is 1. The summed E-state index contributed by atoms with van der Waals surface area (Å²) in [5.74, 6) is 0.137. The number of carbonyl (C=O) groups excluding carboxylic acids is 1. The molecule has 0 saturated heterocycles. The van der Waals surface area contributed by atoms with Gasteiger partial charge < -0.3 is 25.4 Å². The molecular weight excluding hydrogens is 513 g/mol. The Kier molecular flexibility index (Phi) is 8.29. The molecule has 1 saturated carbocycles. The number of rotatable bonds is 11. The molecule has 2 atom stereocenters. The summed E-state index contributed by atoms with van der Waals surface area (Å²) in [5, 5.41) is 20.6. The molecule has 4 rings (SSSR count). The highest BCUT2D eigenvalue weighted by atomic mass is 19.4. The lowest BCUT2D eigenvalue weighted by atomic mass is 9.88. The number of hydrogen-bond acceptors (Lipinski definition) is 7. The molecule has 39 heavy (non-hydrogen) atoms. The molecule has 208 valence electrons. The minimum absolute atomic E-state index is 0.0919. The summed E-state index contributed by atoms with van der Waals surface area (Å²) >= 11 is 0. The number of ether oxygens (including phenoxy) is 2. The topological polar surface area (TPSA) is 115 Å². The van der Waals surface area contributed by atoms with E-state index in [1.165, 1.54) is 25.3 Å². The van der Waals surface area contributed by atoms with Crippen molar-refractivity contribution in [2.75, 3.05) is 13.7 Å². The van der Waals surface area contributed by atoms with Crippen LogP contribution in [0.5, 0.6) is 11.5 Å². The molecule has 0 radical (unpaired) electrons. The zero-order valence-electron chi connectivity index (χ0n) is 21.7. The SMILES string of the molecule is COc1cc(C(=O)CCC(O)(c2cc(C(N)CO)cc(-c3ccc(C)cc3)n2)C(F)(F)F)ccc1OC1CC1. The smallest absolute Gasteiger partial charge is 0.422 e. The van der Waals surface area contributed by atoms with Gasteiger partial charge in [0, 0.05) is 17.5 Å². The minimum atomic E-state index is -5.16. The second kappa shape index (κ2) is 11.3. The van der Waals surface area contributed by atoms with Gasteiger partial charge in [-0.1, -0.05) is 29.8 Å². The molecule has 0 bridgehead atoms. The second-order valence-electron chi connectivity index (χ2n) is 9.79. The summed E-state index contributed by atoms with van der Waals surface area (Å²) < 4.78 is 54.3. The first kappa shape index (κ1) is 28.5. The maximum absolute atomic E-state index is 14.4. The molecule has 0 aliphatic heterocycles. The number of Topliss-reactive ketones (excluding diaryl/α,β-unsaturated/α-hetero) is 1. The van der Waals surface area contributed by atoms with Crippen molar-refractivity contribution in [2.24, 2.45) is 5.73 Å². The number of halogens is 3. The van der Waals surface area contributed by atoms with Gasteiger partial charge in [0.1, 0.15) is 0 Å². The lowest BCUT2D eigenvalue weighted by Crippen LogP contribution is -2.43. The van der Waals surface area contributed by atoms with Crippen molar-refractivity contribution in [1.29, 1.82) is 0 Å². The summed E-state index contributed by atoms with van der Waals surface area (Å²) in [6.45, 7) is 1.34. The van der Waals surface area contributed by atoms with Crippen LogP contribution >= 0.6 is 0 Å². The van der Waals surface area contributed by atoms with Crippen molar-refractivity contribution in [1.82, 2.24) is 4.98 Å². The third kappa shape index (κ3) is 6.41. The van der Waals surface area contributed by atoms with Crippen LogP contribution in [0.15, 0.2) is 54.6 Å². The molecule has 1 heterocycles. The summed E-state index contributed by atoms with van der Waals surface area (Å²) in [7, 11) is 1.41. The predicted octanol–water partition coefficient (Wildman–Crippen LogP) is 5.01. The van der Waals surface area contributed by atoms with Crippen molar-refractivity contribution in [3.05, 3.63) is 77.0 Å². The summed E-state index contributed by atoms with van der Waals surface area (Å²) in [6.07, 6.45) is -4.83. The van der Waals surface area contributed by atoms with E-state index in [2.05, 4.69) is 4.98 Å². The quantitative estimate of drug-likeness (QED) is 0.291. The van der Waals surface area contributed by atoms with Gasteiger partial charge in [0.25, 0.3) is 0 Å². The van der Waals surface area contributed by atoms with Crippen LogP contribution in [0.3, 0.4) is 0 Å². The molecule has 1 fully saturated rings. The van der Waals surface area contributed by atoms with Gasteiger partial charge in [0.05, 0.1) is 37.3 Å². The molecule has 4 N–H and O–H groups in total. The Labute approximate surface area is 224 Å². The molecule has 3 aromatic rings. The summed E-state index contributed by atoms with van der Waals surface area (Å²) in [6, 6.07) is 12.9. The number of aliphatic hydroxyl groups excluding tert-OH is 1. The molecule has 10 heteroatoms. The number of alkyl halides is 3. The van der Waals surface area contributed by atoms with Gasteiger partial charge >= 0.3 is 6.18 Å². The number of pyridine rings is 1. The van der Waals surface area contributed by atoms with E-state index >= 15 is 0 Å². The van der Waals surface area contributed by atoms with Gasteiger partial charge in [-0.3, -0.25) is 4.79 Å². The summed E-state index contributed by atoms with van der Waals surface area (Å²) in [5.41, 5.74) is 3.68. The van der Waals surface area contributed by atoms with E-state index in [0.29, 0.717) is 17.1 Å². The molecule has 0 amide bonds. The predicted molar refractivity (Wildman–Crippen MR) is 139 cm³/mol. The lowest BCUT2D eigenvalue weighted by molar-refractivity contribution is -0.270. The van der Waals surface area contributed by atoms with E-state index in [9.17, 15) is 28.2 Å². The summed E-state index contributed by atoms with van der Waals surface area (Å²) in [4.78, 5) is 17.1. The number of benzene rings is 2. The fourth-order valence-corrected chi connectivity index (χ4v) is 4.11. The van der Waals surface area contributed by atoms with Gasteiger partial charge in [-0.15, -0.1) is 0 Å². The minimum Gasteiger partial charge on any atom is -0.493 e. The molecule has 7 nitrogen and oxygen atoms in total. The van der Waals surface area contributed by atoms with Crippen LogP contribution in [-0.2, 0) is 5.60 Å². The van der Waals surface area contributed by atoms with E-state index in [0.717, 1.165) is 24.5 Å². The van der Waals surface area contributed by atoms with Crippen LogP contribution in [0.1, 0.15) is 58.9 Å². The molecule has 1 aromatic heterocycles. The molecule has 1 aliphatic carbocycles. The first-order valence-electron chi connectivity index (χ1n) is 12.6. The van der Waals surface area contributed by atoms with Crippen LogP contribution in [0.4, 0.5) is 13.2 Å². The zero-order valence-corrected chi connectivity index (χ0v) is 21.7. The Balaban J connectivity index is 1.66. The van der Waals surface area contributed by atoms with Crippen LogP contribution in [-0.4, -0.2) is 47.0 Å². The first-order chi connectivity index (χ1) is 18.4. The Morgan fingerprint density at radius 2 is 1.79 bits per heavy atom. The van der Waals surface area contributed by atoms with Gasteiger partial charge in [0.15, 0.2) is 17.3 Å². The fraction of sp³-hybridized carbons (Fsp3) is 0.379. The van der Waals surface area contributed by atoms with E-state index in [4.69, 9.17) is 15.2 Å². The maximum atomic E-state index is 14.4. The number of aryl methyl sites for hydroxylation is 1. The van der Waals surface area contributed by atoms with Crippen LogP contribution in [0.2, 0.25) is 0 Å². The number of nitrogens with two attached hydrogens (primary N) is 1. The van der Waals surface area contributed by atoms with Crippen LogP contribution < -0.4 is 15.2 Å². The number of ketones is 1. The van der Waals surface area contributed by atoms with Gasteiger partial charge in [-0.2, -0.15) is 13.2 Å². The van der Waals surface area contributed by atoms with Crippen LogP contribution in [0, 0.1) is 6.92 Å². The zero-order chi connectivity index (χ0) is 28.4. The average Bonchev–Trinajstić information content (AvgIpc) is 3.74. The molecule has 2 unspecified atom stereocenters. The van der Waals surface area contributed by atoms with Crippen molar-refractivity contribution >= 4 is 5.78 Å². The number of hydrogen-bond donors (Lipinski definition) is 3. The highest BCUT2D eigenvalue weighted by molar-refractivity contribution is 5.96. The third-order valence-corrected chi connectivity index (χ3v) is 6.73. The van der Waals surface area contributed by atoms with Crippen molar-refractivity contribution in [3.8, 4) is 22.8 Å².